The van der Waals surface area contributed by atoms with Crippen molar-refractivity contribution in [3.05, 3.63) is 47.2 Å². The molecule has 1 heterocycles. The van der Waals surface area contributed by atoms with E-state index in [-0.39, 0.29) is 37.0 Å². The maximum Gasteiger partial charge on any atom is 0.182 e. The first-order chi connectivity index (χ1) is 24.6. The largest absolute Gasteiger partial charge is 0.392 e. The molecule has 4 aliphatic carbocycles. The number of rotatable bonds is 14. The molecule has 0 unspecified atom stereocenters. The Morgan fingerprint density at radius 1 is 1.04 bits per heavy atom. The van der Waals surface area contributed by atoms with Crippen LogP contribution in [0.15, 0.2) is 41.6 Å². The molecule has 4 fully saturated rings. The zero-order valence-corrected chi connectivity index (χ0v) is 32.3. The molecule has 1 aliphatic heterocycles. The summed E-state index contributed by atoms with van der Waals surface area (Å²) >= 11 is 0. The number of Topliss-reactive ketones (excluding diaryl/α,β-unsaturated/α-hetero) is 1. The average Bonchev–Trinajstić information content (AvgIpc) is 3.62. The minimum absolute atomic E-state index is 0.0800. The molecule has 292 valence electrons. The maximum atomic E-state index is 14.9. The van der Waals surface area contributed by atoms with Crippen LogP contribution in [0.25, 0.3) is 0 Å². The summed E-state index contributed by atoms with van der Waals surface area (Å²) in [5, 5.41) is 73.6. The monoisotopic (exact) mass is 725 g/mol. The fourth-order valence-electron chi connectivity index (χ4n) is 12.0. The molecule has 0 bridgehead atoms. The van der Waals surface area contributed by atoms with Gasteiger partial charge in [0.05, 0.1) is 47.9 Å². The summed E-state index contributed by atoms with van der Waals surface area (Å²) in [6, 6.07) is 10.1. The lowest BCUT2D eigenvalue weighted by atomic mass is 9.43. The number of nitrogens with one attached hydrogen (secondary N) is 1. The number of unbranched alkanes of at least 4 members (excludes halogenated alkanes) is 3. The first kappa shape index (κ1) is 39.8. The highest BCUT2D eigenvalue weighted by Crippen LogP contribution is 2.70. The number of aliphatic hydroxyl groups is 6. The third kappa shape index (κ3) is 6.73. The minimum atomic E-state index is -1.58. The van der Waals surface area contributed by atoms with E-state index in [9.17, 15) is 35.4 Å². The summed E-state index contributed by atoms with van der Waals surface area (Å²) in [7, 11) is 0. The number of hydrogen-bond acceptors (Lipinski definition) is 9. The van der Waals surface area contributed by atoms with Crippen LogP contribution in [-0.4, -0.2) is 91.3 Å². The quantitative estimate of drug-likeness (QED) is 0.133. The molecule has 3 saturated carbocycles. The Morgan fingerprint density at radius 2 is 1.77 bits per heavy atom. The van der Waals surface area contributed by atoms with Crippen molar-refractivity contribution in [3.8, 4) is 0 Å². The van der Waals surface area contributed by atoms with Crippen molar-refractivity contribution >= 4 is 5.78 Å². The van der Waals surface area contributed by atoms with E-state index in [1.165, 1.54) is 19.3 Å². The minimum Gasteiger partial charge on any atom is -0.392 e. The van der Waals surface area contributed by atoms with Crippen LogP contribution >= 0.6 is 0 Å². The van der Waals surface area contributed by atoms with Gasteiger partial charge in [-0.05, 0) is 112 Å². The molecule has 0 amide bonds. The second kappa shape index (κ2) is 15.4. The first-order valence-corrected chi connectivity index (χ1v) is 20.5. The molecule has 1 aromatic rings. The van der Waals surface area contributed by atoms with Crippen LogP contribution in [0, 0.1) is 40.4 Å². The predicted molar refractivity (Wildman–Crippen MR) is 200 cm³/mol. The highest BCUT2D eigenvalue weighted by molar-refractivity contribution is 6.00. The zero-order valence-electron chi connectivity index (χ0n) is 32.3. The number of fused-ring (bicyclic) bond motifs is 5. The zero-order chi connectivity index (χ0) is 37.6. The molecule has 5 aliphatic rings. The van der Waals surface area contributed by atoms with Gasteiger partial charge in [-0.2, -0.15) is 0 Å². The SMILES string of the molecule is CCCCCC[C@@H]1CO[C@@H]([C@@H](O)[C@](C)(O)[C@H]2CC[C@@]3(O)C4=C(NC[C@H](C)O)C(=O)[C@@H]5C[C@@H](O)[C@@H](O)C[C@]5(CCc5ccccc5)[C@H]4CC[C@]23C)[C@H]1C. The van der Waals surface area contributed by atoms with Gasteiger partial charge in [0.1, 0.15) is 6.10 Å². The van der Waals surface area contributed by atoms with E-state index < -0.39 is 64.4 Å². The van der Waals surface area contributed by atoms with Gasteiger partial charge in [-0.3, -0.25) is 4.79 Å². The molecule has 0 radical (unpaired) electrons. The van der Waals surface area contributed by atoms with Crippen LogP contribution in [0.2, 0.25) is 0 Å². The Hall–Kier alpha value is -1.85. The third-order valence-electron chi connectivity index (χ3n) is 15.1. The van der Waals surface area contributed by atoms with Crippen molar-refractivity contribution in [1.82, 2.24) is 5.32 Å². The lowest BCUT2D eigenvalue weighted by molar-refractivity contribution is -0.196. The Kier molecular flexibility index (Phi) is 11.8. The molecular formula is C43H67NO8. The molecular weight excluding hydrogens is 658 g/mol. The van der Waals surface area contributed by atoms with E-state index in [0.29, 0.717) is 62.3 Å². The average molecular weight is 726 g/mol. The summed E-state index contributed by atoms with van der Waals surface area (Å²) in [5.41, 5.74) is -2.57. The van der Waals surface area contributed by atoms with Crippen LogP contribution < -0.4 is 5.32 Å². The normalized spacial score (nSPS) is 41.2. The fraction of sp³-hybridized carbons (Fsp3) is 0.791. The van der Waals surface area contributed by atoms with Crippen LogP contribution in [0.1, 0.15) is 117 Å². The molecule has 9 heteroatoms. The fourth-order valence-corrected chi connectivity index (χ4v) is 12.0. The summed E-state index contributed by atoms with van der Waals surface area (Å²) in [5.74, 6) is -1.10. The van der Waals surface area contributed by atoms with Gasteiger partial charge in [0.15, 0.2) is 5.78 Å². The Morgan fingerprint density at radius 3 is 2.46 bits per heavy atom. The van der Waals surface area contributed by atoms with E-state index >= 15 is 0 Å². The molecule has 0 aromatic heterocycles. The van der Waals surface area contributed by atoms with Crippen molar-refractivity contribution < 1.29 is 40.2 Å². The van der Waals surface area contributed by atoms with Crippen molar-refractivity contribution in [2.24, 2.45) is 40.4 Å². The molecule has 6 rings (SSSR count). The number of allylic oxidation sites excluding steroid dienone is 1. The summed E-state index contributed by atoms with van der Waals surface area (Å²) in [6.45, 7) is 10.4. The van der Waals surface area contributed by atoms with Gasteiger partial charge in [0.25, 0.3) is 0 Å². The Bertz CT molecular complexity index is 1430. The number of carbonyl (C=O) groups is 1. The second-order valence-corrected chi connectivity index (χ2v) is 18.1. The van der Waals surface area contributed by atoms with Gasteiger partial charge in [-0.25, -0.2) is 0 Å². The van der Waals surface area contributed by atoms with E-state index in [0.717, 1.165) is 18.4 Å². The molecule has 9 nitrogen and oxygen atoms in total. The van der Waals surface area contributed by atoms with Crippen LogP contribution in [0.4, 0.5) is 0 Å². The predicted octanol–water partition coefficient (Wildman–Crippen LogP) is 4.84. The number of benzene rings is 1. The maximum absolute atomic E-state index is 14.9. The van der Waals surface area contributed by atoms with E-state index in [1.807, 2.05) is 25.1 Å². The van der Waals surface area contributed by atoms with Crippen LogP contribution in [0.3, 0.4) is 0 Å². The highest BCUT2D eigenvalue weighted by Gasteiger charge is 2.71. The topological polar surface area (TPSA) is 160 Å². The number of hydrogen-bond donors (Lipinski definition) is 7. The summed E-state index contributed by atoms with van der Waals surface area (Å²) < 4.78 is 6.26. The standard InChI is InChI=1S/C43H67NO8/c1-6-7-8-12-15-29-25-52-38(27(29)3)39(49)41(5,50)34-18-21-43(51)35-30(17-19-40(34,43)4)42(20-16-28-13-10-9-11-14-28)23-33(47)32(46)22-31(42)37(48)36(35)44-24-26(2)45/h9-11,13-14,26-27,29-34,38-39,44-47,49-51H,6-8,12,15-25H2,1-5H3/t26-,27-,29+,30-,31-,32+,33-,34-,38+,39+,40+,41+,42+,43+/m0/s1. The number of ether oxygens (including phenoxy) is 1. The van der Waals surface area contributed by atoms with Gasteiger partial charge in [0.2, 0.25) is 0 Å². The van der Waals surface area contributed by atoms with E-state index in [2.05, 4.69) is 31.3 Å². The van der Waals surface area contributed by atoms with Gasteiger partial charge in [-0.15, -0.1) is 0 Å². The van der Waals surface area contributed by atoms with Gasteiger partial charge >= 0.3 is 0 Å². The van der Waals surface area contributed by atoms with Crippen molar-refractivity contribution in [3.63, 3.8) is 0 Å². The van der Waals surface area contributed by atoms with Crippen molar-refractivity contribution in [1.29, 1.82) is 0 Å². The lowest BCUT2D eigenvalue weighted by Gasteiger charge is -2.62. The molecule has 0 spiro atoms. The molecule has 14 atom stereocenters. The Balaban J connectivity index is 1.36. The lowest BCUT2D eigenvalue weighted by Crippen LogP contribution is -2.65. The van der Waals surface area contributed by atoms with Crippen molar-refractivity contribution in [2.45, 2.75) is 160 Å². The van der Waals surface area contributed by atoms with Crippen LogP contribution in [0.5, 0.6) is 0 Å². The number of aryl methyl sites for hydroxylation is 1. The molecule has 1 saturated heterocycles. The molecule has 7 N–H and O–H groups in total. The third-order valence-corrected chi connectivity index (χ3v) is 15.1. The molecule has 52 heavy (non-hydrogen) atoms. The Labute approximate surface area is 311 Å². The first-order valence-electron chi connectivity index (χ1n) is 20.5. The van der Waals surface area contributed by atoms with E-state index in [4.69, 9.17) is 4.74 Å². The summed E-state index contributed by atoms with van der Waals surface area (Å²) in [4.78, 5) is 14.9. The summed E-state index contributed by atoms with van der Waals surface area (Å²) in [6.07, 6.45) is 4.92. The number of aliphatic hydroxyl groups excluding tert-OH is 4. The van der Waals surface area contributed by atoms with Crippen molar-refractivity contribution in [2.75, 3.05) is 13.2 Å². The van der Waals surface area contributed by atoms with Gasteiger partial charge < -0.3 is 40.7 Å². The van der Waals surface area contributed by atoms with E-state index in [1.54, 1.807) is 13.8 Å². The number of carbonyl (C=O) groups excluding carboxylic acids is 1. The molecule has 1 aromatic carbocycles. The smallest absolute Gasteiger partial charge is 0.182 e. The van der Waals surface area contributed by atoms with Gasteiger partial charge in [0, 0.05) is 17.9 Å². The second-order valence-electron chi connectivity index (χ2n) is 18.1. The highest BCUT2D eigenvalue weighted by atomic mass is 16.5. The van der Waals surface area contributed by atoms with Crippen LogP contribution in [-0.2, 0) is 16.0 Å². The number of ketones is 1. The van der Waals surface area contributed by atoms with Gasteiger partial charge in [-0.1, -0.05) is 76.8 Å².